The Labute approximate surface area is 107 Å². The van der Waals surface area contributed by atoms with E-state index in [-0.39, 0.29) is 5.91 Å². The largest absolute Gasteiger partial charge is 0.364 e. The van der Waals surface area contributed by atoms with Gasteiger partial charge in [-0.15, -0.1) is 0 Å². The zero-order valence-electron chi connectivity index (χ0n) is 11.0. The normalized spacial score (nSPS) is 14.7. The van der Waals surface area contributed by atoms with Gasteiger partial charge in [0.05, 0.1) is 29.6 Å². The van der Waals surface area contributed by atoms with E-state index in [9.17, 15) is 4.79 Å². The van der Waals surface area contributed by atoms with E-state index in [1.807, 2.05) is 29.0 Å². The summed E-state index contributed by atoms with van der Waals surface area (Å²) in [7, 11) is 1.88. The number of likely N-dealkylation sites (N-methyl/N-ethyl adjacent to an activating group) is 1. The maximum atomic E-state index is 12.1. The van der Waals surface area contributed by atoms with E-state index < -0.39 is 0 Å². The molecule has 0 unspecified atom stereocenters. The van der Waals surface area contributed by atoms with Gasteiger partial charge < -0.3 is 9.80 Å². The fourth-order valence-corrected chi connectivity index (χ4v) is 2.20. The van der Waals surface area contributed by atoms with Gasteiger partial charge >= 0.3 is 0 Å². The van der Waals surface area contributed by atoms with Crippen LogP contribution in [0.15, 0.2) is 18.2 Å². The van der Waals surface area contributed by atoms with Gasteiger partial charge in [-0.3, -0.25) is 4.79 Å². The Morgan fingerprint density at radius 1 is 1.39 bits per heavy atom. The molecule has 1 heterocycles. The van der Waals surface area contributed by atoms with Crippen LogP contribution in [-0.4, -0.2) is 26.0 Å². The van der Waals surface area contributed by atoms with E-state index in [0.29, 0.717) is 24.6 Å². The Balaban J connectivity index is 2.46. The molecule has 0 aromatic heterocycles. The third-order valence-corrected chi connectivity index (χ3v) is 3.03. The number of carbonyl (C=O) groups is 1. The van der Waals surface area contributed by atoms with Gasteiger partial charge in [-0.2, -0.15) is 5.26 Å². The van der Waals surface area contributed by atoms with E-state index in [1.165, 1.54) is 0 Å². The zero-order chi connectivity index (χ0) is 13.3. The van der Waals surface area contributed by atoms with Crippen LogP contribution in [-0.2, 0) is 4.79 Å². The van der Waals surface area contributed by atoms with Crippen molar-refractivity contribution >= 4 is 17.3 Å². The van der Waals surface area contributed by atoms with Crippen molar-refractivity contribution < 1.29 is 4.79 Å². The molecule has 18 heavy (non-hydrogen) atoms. The Morgan fingerprint density at radius 2 is 2.11 bits per heavy atom. The van der Waals surface area contributed by atoms with Crippen molar-refractivity contribution in [3.63, 3.8) is 0 Å². The van der Waals surface area contributed by atoms with E-state index in [2.05, 4.69) is 19.9 Å². The number of nitrogens with zero attached hydrogens (tertiary/aromatic N) is 3. The SMILES string of the molecule is CC(C)CN1C(=O)CN(C)c2cc(C#N)ccc21. The van der Waals surface area contributed by atoms with Crippen molar-refractivity contribution in [2.75, 3.05) is 29.9 Å². The molecule has 0 N–H and O–H groups in total. The van der Waals surface area contributed by atoms with Gasteiger partial charge in [-0.05, 0) is 24.1 Å². The molecule has 1 aliphatic heterocycles. The second kappa shape index (κ2) is 4.69. The average Bonchev–Trinajstić information content (AvgIpc) is 2.33. The number of carbonyl (C=O) groups excluding carboxylic acids is 1. The smallest absolute Gasteiger partial charge is 0.246 e. The van der Waals surface area contributed by atoms with Gasteiger partial charge in [0.2, 0.25) is 5.91 Å². The summed E-state index contributed by atoms with van der Waals surface area (Å²) in [6, 6.07) is 7.60. The standard InChI is InChI=1S/C14H17N3O/c1-10(2)8-17-12-5-4-11(7-15)6-13(12)16(3)9-14(17)18/h4-6,10H,8-9H2,1-3H3. The van der Waals surface area contributed by atoms with Gasteiger partial charge in [0.25, 0.3) is 0 Å². The van der Waals surface area contributed by atoms with Gasteiger partial charge in [0.1, 0.15) is 0 Å². The lowest BCUT2D eigenvalue weighted by atomic mass is 10.1. The minimum Gasteiger partial charge on any atom is -0.364 e. The number of benzene rings is 1. The van der Waals surface area contributed by atoms with Crippen LogP contribution in [0.2, 0.25) is 0 Å². The molecule has 0 aliphatic carbocycles. The van der Waals surface area contributed by atoms with E-state index in [4.69, 9.17) is 5.26 Å². The molecular formula is C14H17N3O. The first kappa shape index (κ1) is 12.4. The lowest BCUT2D eigenvalue weighted by Crippen LogP contribution is -2.45. The molecule has 0 atom stereocenters. The first-order valence-electron chi connectivity index (χ1n) is 6.08. The minimum absolute atomic E-state index is 0.114. The summed E-state index contributed by atoms with van der Waals surface area (Å²) in [6.07, 6.45) is 0. The minimum atomic E-state index is 0.114. The van der Waals surface area contributed by atoms with Crippen molar-refractivity contribution in [2.45, 2.75) is 13.8 Å². The van der Waals surface area contributed by atoms with Gasteiger partial charge in [-0.1, -0.05) is 13.8 Å². The lowest BCUT2D eigenvalue weighted by Gasteiger charge is -2.36. The molecule has 2 rings (SSSR count). The molecule has 4 nitrogen and oxygen atoms in total. The van der Waals surface area contributed by atoms with Crippen LogP contribution in [0.1, 0.15) is 19.4 Å². The number of fused-ring (bicyclic) bond motifs is 1. The summed E-state index contributed by atoms with van der Waals surface area (Å²) in [5.41, 5.74) is 2.48. The van der Waals surface area contributed by atoms with Crippen molar-refractivity contribution in [3.05, 3.63) is 23.8 Å². The van der Waals surface area contributed by atoms with Crippen LogP contribution >= 0.6 is 0 Å². The fraction of sp³-hybridized carbons (Fsp3) is 0.429. The molecule has 0 saturated carbocycles. The van der Waals surface area contributed by atoms with E-state index in [0.717, 1.165) is 11.4 Å². The zero-order valence-corrected chi connectivity index (χ0v) is 11.0. The van der Waals surface area contributed by atoms with E-state index >= 15 is 0 Å². The summed E-state index contributed by atoms with van der Waals surface area (Å²) in [5.74, 6) is 0.532. The van der Waals surface area contributed by atoms with Crippen molar-refractivity contribution in [1.29, 1.82) is 5.26 Å². The maximum Gasteiger partial charge on any atom is 0.246 e. The van der Waals surface area contributed by atoms with Crippen LogP contribution in [0.5, 0.6) is 0 Å². The first-order valence-corrected chi connectivity index (χ1v) is 6.08. The number of rotatable bonds is 2. The monoisotopic (exact) mass is 243 g/mol. The number of nitriles is 1. The highest BCUT2D eigenvalue weighted by Crippen LogP contribution is 2.33. The second-order valence-electron chi connectivity index (χ2n) is 5.07. The predicted molar refractivity (Wildman–Crippen MR) is 71.6 cm³/mol. The molecule has 1 amide bonds. The molecule has 1 aromatic rings. The molecular weight excluding hydrogens is 226 g/mol. The fourth-order valence-electron chi connectivity index (χ4n) is 2.20. The summed E-state index contributed by atoms with van der Waals surface area (Å²) in [4.78, 5) is 15.8. The quantitative estimate of drug-likeness (QED) is 0.798. The summed E-state index contributed by atoms with van der Waals surface area (Å²) < 4.78 is 0. The van der Waals surface area contributed by atoms with Crippen molar-refractivity contribution in [1.82, 2.24) is 0 Å². The Hall–Kier alpha value is -2.02. The Kier molecular flexibility index (Phi) is 3.24. The summed E-state index contributed by atoms with van der Waals surface area (Å²) >= 11 is 0. The number of hydrogen-bond donors (Lipinski definition) is 0. The van der Waals surface area contributed by atoms with E-state index in [1.54, 1.807) is 6.07 Å². The summed E-state index contributed by atoms with van der Waals surface area (Å²) in [6.45, 7) is 5.27. The van der Waals surface area contributed by atoms with Crippen LogP contribution in [0.3, 0.4) is 0 Å². The molecule has 94 valence electrons. The highest BCUT2D eigenvalue weighted by Gasteiger charge is 2.27. The van der Waals surface area contributed by atoms with Crippen molar-refractivity contribution in [2.24, 2.45) is 5.92 Å². The Morgan fingerprint density at radius 3 is 2.72 bits per heavy atom. The topological polar surface area (TPSA) is 47.3 Å². The molecule has 0 radical (unpaired) electrons. The second-order valence-corrected chi connectivity index (χ2v) is 5.07. The molecule has 0 fully saturated rings. The van der Waals surface area contributed by atoms with Gasteiger partial charge in [0, 0.05) is 13.6 Å². The molecule has 1 aromatic carbocycles. The first-order chi connectivity index (χ1) is 8.52. The number of anilines is 2. The predicted octanol–water partition coefficient (Wildman–Crippen LogP) is 2.00. The maximum absolute atomic E-state index is 12.1. The van der Waals surface area contributed by atoms with Crippen molar-refractivity contribution in [3.8, 4) is 6.07 Å². The molecule has 1 aliphatic rings. The third kappa shape index (κ3) is 2.17. The molecule has 4 heteroatoms. The van der Waals surface area contributed by atoms with Crippen LogP contribution < -0.4 is 9.80 Å². The molecule has 0 saturated heterocycles. The van der Waals surface area contributed by atoms with Crippen LogP contribution in [0, 0.1) is 17.2 Å². The van der Waals surface area contributed by atoms with Gasteiger partial charge in [-0.25, -0.2) is 0 Å². The summed E-state index contributed by atoms with van der Waals surface area (Å²) in [5, 5.41) is 8.94. The van der Waals surface area contributed by atoms with Crippen LogP contribution in [0.4, 0.5) is 11.4 Å². The molecule has 0 bridgehead atoms. The lowest BCUT2D eigenvalue weighted by molar-refractivity contribution is -0.117. The highest BCUT2D eigenvalue weighted by atomic mass is 16.2. The molecule has 0 spiro atoms. The third-order valence-electron chi connectivity index (χ3n) is 3.03. The number of hydrogen-bond acceptors (Lipinski definition) is 3. The van der Waals surface area contributed by atoms with Crippen LogP contribution in [0.25, 0.3) is 0 Å². The van der Waals surface area contributed by atoms with Gasteiger partial charge in [0.15, 0.2) is 0 Å². The Bertz CT molecular complexity index is 516. The highest BCUT2D eigenvalue weighted by molar-refractivity contribution is 6.03. The number of amides is 1. The average molecular weight is 243 g/mol.